The lowest BCUT2D eigenvalue weighted by molar-refractivity contribution is 0.747. The Morgan fingerprint density at radius 3 is 2.43 bits per heavy atom. The Morgan fingerprint density at radius 1 is 1.10 bits per heavy atom. The van der Waals surface area contributed by atoms with E-state index in [2.05, 4.69) is 33.8 Å². The van der Waals surface area contributed by atoms with Crippen molar-refractivity contribution in [3.05, 3.63) is 11.9 Å². The molecule has 2 N–H and O–H groups in total. The molecule has 1 saturated carbocycles. The summed E-state index contributed by atoms with van der Waals surface area (Å²) in [4.78, 5) is 9.31. The number of unbranched alkanes of at least 4 members (excludes halogenated alkanes) is 2. The molecule has 1 aromatic rings. The molecule has 0 bridgehead atoms. The van der Waals surface area contributed by atoms with Crippen LogP contribution in [0.25, 0.3) is 0 Å². The molecular weight excluding hydrogens is 280 g/mol. The van der Waals surface area contributed by atoms with Gasteiger partial charge in [-0.25, -0.2) is 9.97 Å². The van der Waals surface area contributed by atoms with E-state index in [9.17, 15) is 0 Å². The zero-order chi connectivity index (χ0) is 14.9. The lowest BCUT2D eigenvalue weighted by Gasteiger charge is -2.11. The Hall–Kier alpha value is -0.970. The maximum absolute atomic E-state index is 4.67. The maximum Gasteiger partial charge on any atom is 0.136 e. The number of nitrogens with zero attached hydrogens (tertiary/aromatic N) is 2. The van der Waals surface area contributed by atoms with Crippen LogP contribution in [0.15, 0.2) is 6.07 Å². The maximum atomic E-state index is 4.67. The highest BCUT2D eigenvalue weighted by molar-refractivity contribution is 7.98. The Kier molecular flexibility index (Phi) is 7.13. The average molecular weight is 308 g/mol. The molecule has 0 aromatic carbocycles. The van der Waals surface area contributed by atoms with Crippen molar-refractivity contribution in [1.82, 2.24) is 9.97 Å². The summed E-state index contributed by atoms with van der Waals surface area (Å²) in [7, 11) is 0. The molecule has 0 unspecified atom stereocenters. The van der Waals surface area contributed by atoms with Gasteiger partial charge in [-0.2, -0.15) is 11.8 Å². The molecule has 0 radical (unpaired) electrons. The lowest BCUT2D eigenvalue weighted by atomic mass is 10.2. The van der Waals surface area contributed by atoms with Gasteiger partial charge in [0.2, 0.25) is 0 Å². The van der Waals surface area contributed by atoms with Gasteiger partial charge < -0.3 is 10.6 Å². The van der Waals surface area contributed by atoms with Gasteiger partial charge in [0.15, 0.2) is 0 Å². The van der Waals surface area contributed by atoms with Crippen molar-refractivity contribution in [2.24, 2.45) is 0 Å². The molecular formula is C16H28N4S. The van der Waals surface area contributed by atoms with Gasteiger partial charge in [0, 0.05) is 25.1 Å². The van der Waals surface area contributed by atoms with Gasteiger partial charge in [0.25, 0.3) is 0 Å². The number of rotatable bonds is 11. The van der Waals surface area contributed by atoms with Crippen LogP contribution in [0.4, 0.5) is 11.6 Å². The normalized spacial score (nSPS) is 14.2. The van der Waals surface area contributed by atoms with Gasteiger partial charge in [-0.05, 0) is 44.1 Å². The summed E-state index contributed by atoms with van der Waals surface area (Å²) in [5.41, 5.74) is 0. The largest absolute Gasteiger partial charge is 0.370 e. The van der Waals surface area contributed by atoms with Gasteiger partial charge in [-0.1, -0.05) is 13.3 Å². The molecule has 21 heavy (non-hydrogen) atoms. The van der Waals surface area contributed by atoms with E-state index in [-0.39, 0.29) is 0 Å². The molecule has 4 nitrogen and oxygen atoms in total. The van der Waals surface area contributed by atoms with Crippen molar-refractivity contribution in [2.75, 3.05) is 35.7 Å². The monoisotopic (exact) mass is 308 g/mol. The fraction of sp³-hybridized carbons (Fsp3) is 0.750. The standard InChI is InChI=1S/C16H28N4S/c1-3-9-17-14-12-15(18-10-5-4-6-11-21-2)20-16(19-14)13-7-8-13/h12-13H,3-11H2,1-2H3,(H2,17,18,19,20). The Balaban J connectivity index is 1.83. The molecule has 1 aliphatic carbocycles. The molecule has 2 rings (SSSR count). The summed E-state index contributed by atoms with van der Waals surface area (Å²) < 4.78 is 0. The van der Waals surface area contributed by atoms with Gasteiger partial charge in [-0.15, -0.1) is 0 Å². The quantitative estimate of drug-likeness (QED) is 0.602. The summed E-state index contributed by atoms with van der Waals surface area (Å²) in [6.07, 6.45) is 9.57. The molecule has 0 spiro atoms. The fourth-order valence-corrected chi connectivity index (χ4v) is 2.68. The van der Waals surface area contributed by atoms with E-state index >= 15 is 0 Å². The number of hydrogen-bond acceptors (Lipinski definition) is 5. The SMILES string of the molecule is CCCNc1cc(NCCCCCSC)nc(C2CC2)n1. The molecule has 0 aliphatic heterocycles. The van der Waals surface area contributed by atoms with Crippen LogP contribution in [0.3, 0.4) is 0 Å². The number of nitrogens with one attached hydrogen (secondary N) is 2. The van der Waals surface area contributed by atoms with Crippen LogP contribution in [-0.2, 0) is 0 Å². The zero-order valence-corrected chi connectivity index (χ0v) is 14.1. The highest BCUT2D eigenvalue weighted by Gasteiger charge is 2.27. The molecule has 1 heterocycles. The van der Waals surface area contributed by atoms with Crippen molar-refractivity contribution in [3.63, 3.8) is 0 Å². The van der Waals surface area contributed by atoms with Crippen LogP contribution in [0.2, 0.25) is 0 Å². The molecule has 1 aliphatic rings. The first kappa shape index (κ1) is 16.4. The number of hydrogen-bond donors (Lipinski definition) is 2. The lowest BCUT2D eigenvalue weighted by Crippen LogP contribution is -2.09. The third-order valence-corrected chi connectivity index (χ3v) is 4.27. The first-order valence-corrected chi connectivity index (χ1v) is 9.58. The van der Waals surface area contributed by atoms with Crippen molar-refractivity contribution >= 4 is 23.4 Å². The van der Waals surface area contributed by atoms with Gasteiger partial charge in [-0.3, -0.25) is 0 Å². The smallest absolute Gasteiger partial charge is 0.136 e. The molecule has 0 amide bonds. The summed E-state index contributed by atoms with van der Waals surface area (Å²) in [6, 6.07) is 2.05. The van der Waals surface area contributed by atoms with Crippen LogP contribution < -0.4 is 10.6 Å². The van der Waals surface area contributed by atoms with E-state index in [0.29, 0.717) is 5.92 Å². The second-order valence-corrected chi connectivity index (χ2v) is 6.66. The van der Waals surface area contributed by atoms with E-state index in [1.54, 1.807) is 0 Å². The predicted octanol–water partition coefficient (Wildman–Crippen LogP) is 4.12. The first-order valence-electron chi connectivity index (χ1n) is 8.19. The van der Waals surface area contributed by atoms with Crippen LogP contribution in [0, 0.1) is 0 Å². The molecule has 0 saturated heterocycles. The highest BCUT2D eigenvalue weighted by Crippen LogP contribution is 2.38. The van der Waals surface area contributed by atoms with Crippen molar-refractivity contribution in [2.45, 2.75) is 51.4 Å². The van der Waals surface area contributed by atoms with E-state index in [1.165, 1.54) is 37.9 Å². The van der Waals surface area contributed by atoms with Crippen LogP contribution >= 0.6 is 11.8 Å². The van der Waals surface area contributed by atoms with E-state index in [4.69, 9.17) is 0 Å². The molecule has 0 atom stereocenters. The van der Waals surface area contributed by atoms with Gasteiger partial charge in [0.05, 0.1) is 0 Å². The minimum atomic E-state index is 0.593. The Morgan fingerprint density at radius 2 is 1.81 bits per heavy atom. The summed E-state index contributed by atoms with van der Waals surface area (Å²) >= 11 is 1.93. The number of thioether (sulfide) groups is 1. The van der Waals surface area contributed by atoms with Crippen LogP contribution in [0.1, 0.15) is 57.2 Å². The van der Waals surface area contributed by atoms with Crippen molar-refractivity contribution in [3.8, 4) is 0 Å². The second kappa shape index (κ2) is 9.13. The summed E-state index contributed by atoms with van der Waals surface area (Å²) in [6.45, 7) is 4.14. The fourth-order valence-electron chi connectivity index (χ4n) is 2.19. The van der Waals surface area contributed by atoms with E-state index in [0.717, 1.165) is 37.0 Å². The van der Waals surface area contributed by atoms with Crippen molar-refractivity contribution in [1.29, 1.82) is 0 Å². The van der Waals surface area contributed by atoms with E-state index < -0.39 is 0 Å². The topological polar surface area (TPSA) is 49.8 Å². The number of aromatic nitrogens is 2. The first-order chi connectivity index (χ1) is 10.3. The molecule has 1 fully saturated rings. The summed E-state index contributed by atoms with van der Waals surface area (Å²) in [5.74, 6) is 4.83. The Labute approximate surface area is 132 Å². The van der Waals surface area contributed by atoms with Crippen LogP contribution in [0.5, 0.6) is 0 Å². The van der Waals surface area contributed by atoms with Crippen LogP contribution in [-0.4, -0.2) is 35.1 Å². The molecule has 118 valence electrons. The Bertz CT molecular complexity index is 421. The minimum Gasteiger partial charge on any atom is -0.370 e. The van der Waals surface area contributed by atoms with Gasteiger partial charge in [0.1, 0.15) is 17.5 Å². The average Bonchev–Trinajstić information content (AvgIpc) is 3.33. The highest BCUT2D eigenvalue weighted by atomic mass is 32.2. The minimum absolute atomic E-state index is 0.593. The zero-order valence-electron chi connectivity index (χ0n) is 13.3. The number of anilines is 2. The summed E-state index contributed by atoms with van der Waals surface area (Å²) in [5, 5.41) is 6.85. The third kappa shape index (κ3) is 6.12. The third-order valence-electron chi connectivity index (χ3n) is 3.57. The molecule has 5 heteroatoms. The molecule has 1 aromatic heterocycles. The predicted molar refractivity (Wildman–Crippen MR) is 93.5 cm³/mol. The van der Waals surface area contributed by atoms with Gasteiger partial charge >= 0.3 is 0 Å². The van der Waals surface area contributed by atoms with E-state index in [1.807, 2.05) is 17.8 Å². The van der Waals surface area contributed by atoms with Crippen molar-refractivity contribution < 1.29 is 0 Å². The second-order valence-electron chi connectivity index (χ2n) is 5.68.